The molecule has 7 nitrogen and oxygen atoms in total. The molecule has 0 fully saturated rings. The highest BCUT2D eigenvalue weighted by molar-refractivity contribution is 6.36. The van der Waals surface area contributed by atoms with E-state index >= 15 is 0 Å². The number of amides is 1. The molecule has 0 unspecified atom stereocenters. The molecule has 29 heavy (non-hydrogen) atoms. The zero-order valence-electron chi connectivity index (χ0n) is 15.9. The maximum Gasteiger partial charge on any atom is 0.276 e. The van der Waals surface area contributed by atoms with Crippen LogP contribution in [0.2, 0.25) is 10.0 Å². The summed E-state index contributed by atoms with van der Waals surface area (Å²) in [5.41, 5.74) is 1.88. The van der Waals surface area contributed by atoms with E-state index in [1.54, 1.807) is 50.6 Å². The van der Waals surface area contributed by atoms with Crippen LogP contribution in [-0.2, 0) is 7.05 Å². The summed E-state index contributed by atoms with van der Waals surface area (Å²) in [5.74, 6) is 0.786. The van der Waals surface area contributed by atoms with Gasteiger partial charge in [-0.05, 0) is 36.4 Å². The SMILES string of the molecule is COc1ccc(NC(=O)c2c(N=Cc3cc(Cl)cc(Cl)c3OC)cnn2C)cc1. The molecule has 2 aromatic carbocycles. The molecule has 0 spiro atoms. The summed E-state index contributed by atoms with van der Waals surface area (Å²) < 4.78 is 11.9. The lowest BCUT2D eigenvalue weighted by Gasteiger charge is -2.08. The minimum absolute atomic E-state index is 0.296. The van der Waals surface area contributed by atoms with Gasteiger partial charge in [0.05, 0.1) is 25.4 Å². The van der Waals surface area contributed by atoms with Crippen LogP contribution in [0.4, 0.5) is 11.4 Å². The van der Waals surface area contributed by atoms with Crippen molar-refractivity contribution in [2.75, 3.05) is 19.5 Å². The Morgan fingerprint density at radius 1 is 1.17 bits per heavy atom. The van der Waals surface area contributed by atoms with E-state index in [4.69, 9.17) is 32.7 Å². The summed E-state index contributed by atoms with van der Waals surface area (Å²) in [4.78, 5) is 17.2. The average Bonchev–Trinajstić information content (AvgIpc) is 3.07. The van der Waals surface area contributed by atoms with Gasteiger partial charge in [-0.3, -0.25) is 14.5 Å². The quantitative estimate of drug-likeness (QED) is 0.570. The van der Waals surface area contributed by atoms with Crippen molar-refractivity contribution in [3.8, 4) is 11.5 Å². The zero-order chi connectivity index (χ0) is 21.0. The van der Waals surface area contributed by atoms with Crippen molar-refractivity contribution in [1.82, 2.24) is 9.78 Å². The van der Waals surface area contributed by atoms with E-state index in [0.29, 0.717) is 44.2 Å². The van der Waals surface area contributed by atoms with Crippen LogP contribution in [-0.4, -0.2) is 36.1 Å². The van der Waals surface area contributed by atoms with Gasteiger partial charge in [0.1, 0.15) is 17.2 Å². The van der Waals surface area contributed by atoms with Crippen LogP contribution in [0.5, 0.6) is 11.5 Å². The van der Waals surface area contributed by atoms with E-state index in [9.17, 15) is 4.79 Å². The Morgan fingerprint density at radius 2 is 1.90 bits per heavy atom. The van der Waals surface area contributed by atoms with Crippen LogP contribution in [0.15, 0.2) is 47.6 Å². The van der Waals surface area contributed by atoms with Crippen molar-refractivity contribution in [2.45, 2.75) is 0 Å². The number of hydrogen-bond donors (Lipinski definition) is 1. The molecule has 0 radical (unpaired) electrons. The van der Waals surface area contributed by atoms with Crippen molar-refractivity contribution in [3.05, 3.63) is 63.9 Å². The van der Waals surface area contributed by atoms with Gasteiger partial charge in [-0.2, -0.15) is 5.10 Å². The summed E-state index contributed by atoms with van der Waals surface area (Å²) in [7, 11) is 4.75. The molecular formula is C20H18Cl2N4O3. The first-order valence-corrected chi connectivity index (χ1v) is 9.23. The van der Waals surface area contributed by atoms with Gasteiger partial charge in [-0.25, -0.2) is 0 Å². The molecule has 0 saturated carbocycles. The first-order valence-electron chi connectivity index (χ1n) is 8.47. The third-order valence-corrected chi connectivity index (χ3v) is 4.57. The molecule has 0 aliphatic carbocycles. The number of aliphatic imine (C=N–C) groups is 1. The Labute approximate surface area is 177 Å². The summed E-state index contributed by atoms with van der Waals surface area (Å²) >= 11 is 12.2. The van der Waals surface area contributed by atoms with Gasteiger partial charge >= 0.3 is 0 Å². The second-order valence-corrected chi connectivity index (χ2v) is 6.80. The van der Waals surface area contributed by atoms with Crippen molar-refractivity contribution in [3.63, 3.8) is 0 Å². The second kappa shape index (κ2) is 8.98. The number of halogens is 2. The Morgan fingerprint density at radius 3 is 2.55 bits per heavy atom. The number of carbonyl (C=O) groups excluding carboxylic acids is 1. The van der Waals surface area contributed by atoms with Crippen LogP contribution in [0, 0.1) is 0 Å². The predicted octanol–water partition coefficient (Wildman–Crippen LogP) is 4.75. The Bertz CT molecular complexity index is 1060. The van der Waals surface area contributed by atoms with Crippen LogP contribution in [0.3, 0.4) is 0 Å². The number of nitrogens with zero attached hydrogens (tertiary/aromatic N) is 3. The van der Waals surface area contributed by atoms with E-state index in [1.807, 2.05) is 0 Å². The summed E-state index contributed by atoms with van der Waals surface area (Å²) in [6.45, 7) is 0. The number of ether oxygens (including phenoxy) is 2. The predicted molar refractivity (Wildman–Crippen MR) is 114 cm³/mol. The van der Waals surface area contributed by atoms with E-state index in [1.165, 1.54) is 24.2 Å². The molecule has 0 atom stereocenters. The number of carbonyl (C=O) groups is 1. The summed E-state index contributed by atoms with van der Waals surface area (Å²) in [6.07, 6.45) is 3.02. The van der Waals surface area contributed by atoms with Gasteiger partial charge in [0.2, 0.25) is 0 Å². The smallest absolute Gasteiger partial charge is 0.276 e. The normalized spacial score (nSPS) is 10.9. The maximum absolute atomic E-state index is 12.8. The topological polar surface area (TPSA) is 77.7 Å². The van der Waals surface area contributed by atoms with E-state index in [2.05, 4.69) is 15.4 Å². The second-order valence-electron chi connectivity index (χ2n) is 5.95. The fraction of sp³-hybridized carbons (Fsp3) is 0.150. The van der Waals surface area contributed by atoms with Crippen LogP contribution in [0.25, 0.3) is 0 Å². The Kier molecular flexibility index (Phi) is 6.41. The van der Waals surface area contributed by atoms with Gasteiger partial charge in [-0.15, -0.1) is 0 Å². The molecule has 1 amide bonds. The molecule has 0 aliphatic heterocycles. The molecule has 150 valence electrons. The van der Waals surface area contributed by atoms with Crippen molar-refractivity contribution >= 4 is 46.7 Å². The summed E-state index contributed by atoms with van der Waals surface area (Å²) in [6, 6.07) is 10.3. The zero-order valence-corrected chi connectivity index (χ0v) is 17.5. The van der Waals surface area contributed by atoms with E-state index in [0.717, 1.165) is 0 Å². The standard InChI is InChI=1S/C20H18Cl2N4O3/c1-26-18(20(27)25-14-4-6-15(28-2)7-5-14)17(11-24-26)23-10-12-8-13(21)9-16(22)19(12)29-3/h4-11H,1-3H3,(H,25,27). The average molecular weight is 433 g/mol. The van der Waals surface area contributed by atoms with Gasteiger partial charge in [0, 0.05) is 29.5 Å². The number of benzene rings is 2. The molecule has 1 N–H and O–H groups in total. The molecule has 9 heteroatoms. The molecule has 3 rings (SSSR count). The monoisotopic (exact) mass is 432 g/mol. The van der Waals surface area contributed by atoms with Crippen LogP contribution < -0.4 is 14.8 Å². The van der Waals surface area contributed by atoms with Gasteiger partial charge in [0.15, 0.2) is 5.69 Å². The molecule has 0 saturated heterocycles. The lowest BCUT2D eigenvalue weighted by molar-refractivity contribution is 0.101. The highest BCUT2D eigenvalue weighted by atomic mass is 35.5. The third-order valence-electron chi connectivity index (χ3n) is 4.07. The largest absolute Gasteiger partial charge is 0.497 e. The summed E-state index contributed by atoms with van der Waals surface area (Å²) in [5, 5.41) is 7.77. The van der Waals surface area contributed by atoms with Gasteiger partial charge in [-0.1, -0.05) is 23.2 Å². The lowest BCUT2D eigenvalue weighted by Crippen LogP contribution is -2.16. The minimum Gasteiger partial charge on any atom is -0.497 e. The van der Waals surface area contributed by atoms with E-state index in [-0.39, 0.29) is 5.91 Å². The molecule has 1 heterocycles. The van der Waals surface area contributed by atoms with Crippen molar-refractivity contribution in [1.29, 1.82) is 0 Å². The first-order chi connectivity index (χ1) is 13.9. The number of aryl methyl sites for hydroxylation is 1. The Hall–Kier alpha value is -3.03. The Balaban J connectivity index is 1.88. The van der Waals surface area contributed by atoms with Crippen molar-refractivity contribution < 1.29 is 14.3 Å². The molecule has 1 aromatic heterocycles. The molecule has 0 aliphatic rings. The molecule has 3 aromatic rings. The number of methoxy groups -OCH3 is 2. The fourth-order valence-corrected chi connectivity index (χ4v) is 3.27. The lowest BCUT2D eigenvalue weighted by atomic mass is 10.2. The molecular weight excluding hydrogens is 415 g/mol. The first kappa shape index (κ1) is 20.7. The highest BCUT2D eigenvalue weighted by Gasteiger charge is 2.17. The third kappa shape index (κ3) is 4.70. The number of aromatic nitrogens is 2. The van der Waals surface area contributed by atoms with Gasteiger partial charge in [0.25, 0.3) is 5.91 Å². The van der Waals surface area contributed by atoms with E-state index < -0.39 is 0 Å². The number of nitrogens with one attached hydrogen (secondary N) is 1. The minimum atomic E-state index is -0.349. The van der Waals surface area contributed by atoms with Crippen LogP contribution >= 0.6 is 23.2 Å². The fourth-order valence-electron chi connectivity index (χ4n) is 2.68. The molecule has 0 bridgehead atoms. The maximum atomic E-state index is 12.8. The van der Waals surface area contributed by atoms with Gasteiger partial charge < -0.3 is 14.8 Å². The van der Waals surface area contributed by atoms with Crippen LogP contribution in [0.1, 0.15) is 16.1 Å². The number of rotatable bonds is 6. The number of hydrogen-bond acceptors (Lipinski definition) is 5. The van der Waals surface area contributed by atoms with Crippen molar-refractivity contribution in [2.24, 2.45) is 12.0 Å². The number of anilines is 1. The highest BCUT2D eigenvalue weighted by Crippen LogP contribution is 2.31.